The number of anilines is 1. The number of hydrogen-bond donors (Lipinski definition) is 1. The normalized spacial score (nSPS) is 8.73. The molecule has 1 aromatic carbocycles. The molecule has 1 rings (SSSR count). The van der Waals surface area contributed by atoms with Crippen LogP contribution in [0.1, 0.15) is 6.42 Å². The van der Waals surface area contributed by atoms with Gasteiger partial charge in [0, 0.05) is 5.69 Å². The summed E-state index contributed by atoms with van der Waals surface area (Å²) in [7, 11) is 0. The second-order valence-corrected chi connectivity index (χ2v) is 2.59. The molecule has 0 radical (unpaired) electrons. The van der Waals surface area contributed by atoms with Crippen LogP contribution in [0.3, 0.4) is 0 Å². The fourth-order valence-electron chi connectivity index (χ4n) is 0.869. The van der Waals surface area contributed by atoms with Gasteiger partial charge in [0.05, 0.1) is 6.07 Å². The minimum absolute atomic E-state index is 0.442. The van der Waals surface area contributed by atoms with Crippen LogP contribution in [-0.2, 0) is 9.53 Å². The van der Waals surface area contributed by atoms with E-state index in [1.54, 1.807) is 36.4 Å². The zero-order valence-electron chi connectivity index (χ0n) is 7.77. The number of esters is 1. The van der Waals surface area contributed by atoms with Crippen LogP contribution in [0.4, 0.5) is 10.5 Å². The average molecular weight is 204 g/mol. The predicted octanol–water partition coefficient (Wildman–Crippen LogP) is 1.68. The molecule has 1 amide bonds. The third-order valence-electron chi connectivity index (χ3n) is 1.45. The van der Waals surface area contributed by atoms with Gasteiger partial charge in [0.1, 0.15) is 6.42 Å². The summed E-state index contributed by atoms with van der Waals surface area (Å²) < 4.78 is 4.28. The number of hydrogen-bond acceptors (Lipinski definition) is 4. The Morgan fingerprint density at radius 1 is 1.33 bits per heavy atom. The Hall–Kier alpha value is -2.35. The number of nitrogens with zero attached hydrogens (tertiary/aromatic N) is 1. The summed E-state index contributed by atoms with van der Waals surface area (Å²) in [5, 5.41) is 10.5. The van der Waals surface area contributed by atoms with Crippen LogP contribution >= 0.6 is 0 Å². The van der Waals surface area contributed by atoms with E-state index in [-0.39, 0.29) is 0 Å². The maximum atomic E-state index is 11.0. The minimum Gasteiger partial charge on any atom is -0.375 e. The van der Waals surface area contributed by atoms with Crippen LogP contribution in [0.15, 0.2) is 30.3 Å². The lowest BCUT2D eigenvalue weighted by Gasteiger charge is -2.03. The predicted molar refractivity (Wildman–Crippen MR) is 51.8 cm³/mol. The average Bonchev–Trinajstić information content (AvgIpc) is 2.19. The number of amides is 1. The first-order valence-corrected chi connectivity index (χ1v) is 4.16. The largest absolute Gasteiger partial charge is 0.419 e. The fraction of sp³-hybridized carbons (Fsp3) is 0.100. The molecule has 0 aliphatic heterocycles. The first-order chi connectivity index (χ1) is 7.22. The smallest absolute Gasteiger partial charge is 0.375 e. The number of para-hydroxylation sites is 1. The first-order valence-electron chi connectivity index (χ1n) is 4.16. The lowest BCUT2D eigenvalue weighted by molar-refractivity contribution is -0.135. The minimum atomic E-state index is -0.888. The lowest BCUT2D eigenvalue weighted by Crippen LogP contribution is -2.17. The summed E-state index contributed by atoms with van der Waals surface area (Å²) in [5.41, 5.74) is 0.521. The summed E-state index contributed by atoms with van der Waals surface area (Å²) in [6.07, 6.45) is -1.33. The molecule has 5 nitrogen and oxygen atoms in total. The number of benzene rings is 1. The van der Waals surface area contributed by atoms with Gasteiger partial charge in [0.15, 0.2) is 0 Å². The highest BCUT2D eigenvalue weighted by Crippen LogP contribution is 2.05. The van der Waals surface area contributed by atoms with E-state index in [1.807, 2.05) is 0 Å². The molecule has 0 spiro atoms. The molecule has 0 unspecified atom stereocenters. The van der Waals surface area contributed by atoms with E-state index in [2.05, 4.69) is 10.1 Å². The highest BCUT2D eigenvalue weighted by Gasteiger charge is 2.09. The van der Waals surface area contributed by atoms with E-state index in [1.165, 1.54) is 0 Å². The zero-order valence-corrected chi connectivity index (χ0v) is 7.77. The second kappa shape index (κ2) is 5.40. The number of rotatable bonds is 2. The molecule has 76 valence electrons. The molecule has 1 aromatic rings. The molecule has 0 heterocycles. The van der Waals surface area contributed by atoms with Crippen LogP contribution in [0.5, 0.6) is 0 Å². The summed E-state index contributed by atoms with van der Waals surface area (Å²) in [4.78, 5) is 21.8. The molecule has 15 heavy (non-hydrogen) atoms. The van der Waals surface area contributed by atoms with Gasteiger partial charge in [0.25, 0.3) is 0 Å². The standard InChI is InChI=1S/C10H8N2O3/c11-7-6-9(13)15-10(14)12-8-4-2-1-3-5-8/h1-5H,6H2,(H,12,14). The Balaban J connectivity index is 2.44. The van der Waals surface area contributed by atoms with Gasteiger partial charge in [-0.15, -0.1) is 0 Å². The van der Waals surface area contributed by atoms with Crippen molar-refractivity contribution in [1.82, 2.24) is 0 Å². The van der Waals surface area contributed by atoms with Gasteiger partial charge >= 0.3 is 12.1 Å². The number of carbonyl (C=O) groups is 2. The Bertz CT molecular complexity index is 395. The van der Waals surface area contributed by atoms with Gasteiger partial charge in [-0.05, 0) is 12.1 Å². The molecule has 1 N–H and O–H groups in total. The van der Waals surface area contributed by atoms with E-state index in [9.17, 15) is 9.59 Å². The number of carbonyl (C=O) groups excluding carboxylic acids is 2. The van der Waals surface area contributed by atoms with Gasteiger partial charge < -0.3 is 4.74 Å². The molecule has 0 saturated carbocycles. The SMILES string of the molecule is N#CCC(=O)OC(=O)Nc1ccccc1. The van der Waals surface area contributed by atoms with E-state index < -0.39 is 18.5 Å². The van der Waals surface area contributed by atoms with Crippen LogP contribution in [0, 0.1) is 11.3 Å². The Labute approximate surface area is 86.3 Å². The van der Waals surface area contributed by atoms with Crippen LogP contribution in [0.25, 0.3) is 0 Å². The zero-order chi connectivity index (χ0) is 11.1. The van der Waals surface area contributed by atoms with Crippen LogP contribution in [0.2, 0.25) is 0 Å². The summed E-state index contributed by atoms with van der Waals surface area (Å²) in [6, 6.07) is 10.1. The van der Waals surface area contributed by atoms with Crippen molar-refractivity contribution in [2.24, 2.45) is 0 Å². The third kappa shape index (κ3) is 3.91. The van der Waals surface area contributed by atoms with Crippen molar-refractivity contribution >= 4 is 17.7 Å². The number of nitrogens with one attached hydrogen (secondary N) is 1. The Morgan fingerprint density at radius 3 is 2.60 bits per heavy atom. The van der Waals surface area contributed by atoms with Gasteiger partial charge in [-0.2, -0.15) is 5.26 Å². The molecule has 0 aromatic heterocycles. The van der Waals surface area contributed by atoms with Crippen molar-refractivity contribution < 1.29 is 14.3 Å². The Morgan fingerprint density at radius 2 is 2.00 bits per heavy atom. The highest BCUT2D eigenvalue weighted by molar-refractivity contribution is 5.93. The lowest BCUT2D eigenvalue weighted by atomic mass is 10.3. The molecular weight excluding hydrogens is 196 g/mol. The summed E-state index contributed by atoms with van der Waals surface area (Å²) in [5.74, 6) is -0.870. The third-order valence-corrected chi connectivity index (χ3v) is 1.45. The molecule has 0 bridgehead atoms. The van der Waals surface area contributed by atoms with Crippen LogP contribution < -0.4 is 5.32 Å². The molecule has 0 saturated heterocycles. The van der Waals surface area contributed by atoms with E-state index in [0.717, 1.165) is 0 Å². The fourth-order valence-corrected chi connectivity index (χ4v) is 0.869. The van der Waals surface area contributed by atoms with Gasteiger partial charge in [-0.25, -0.2) is 4.79 Å². The maximum absolute atomic E-state index is 11.0. The van der Waals surface area contributed by atoms with E-state index in [4.69, 9.17) is 5.26 Å². The van der Waals surface area contributed by atoms with Crippen molar-refractivity contribution in [3.05, 3.63) is 30.3 Å². The Kier molecular flexibility index (Phi) is 3.86. The first kappa shape index (κ1) is 10.7. The maximum Gasteiger partial charge on any atom is 0.419 e. The van der Waals surface area contributed by atoms with Gasteiger partial charge in [-0.1, -0.05) is 18.2 Å². The van der Waals surface area contributed by atoms with E-state index >= 15 is 0 Å². The van der Waals surface area contributed by atoms with Gasteiger partial charge in [-0.3, -0.25) is 10.1 Å². The van der Waals surface area contributed by atoms with Crippen LogP contribution in [-0.4, -0.2) is 12.1 Å². The van der Waals surface area contributed by atoms with Crippen molar-refractivity contribution in [1.29, 1.82) is 5.26 Å². The monoisotopic (exact) mass is 204 g/mol. The second-order valence-electron chi connectivity index (χ2n) is 2.59. The van der Waals surface area contributed by atoms with E-state index in [0.29, 0.717) is 5.69 Å². The molecule has 0 fully saturated rings. The molecule has 0 aliphatic carbocycles. The van der Waals surface area contributed by atoms with Crippen molar-refractivity contribution in [2.75, 3.05) is 5.32 Å². The van der Waals surface area contributed by atoms with Crippen molar-refractivity contribution in [3.63, 3.8) is 0 Å². The summed E-state index contributed by atoms with van der Waals surface area (Å²) >= 11 is 0. The van der Waals surface area contributed by atoms with Crippen molar-refractivity contribution in [3.8, 4) is 6.07 Å². The van der Waals surface area contributed by atoms with Gasteiger partial charge in [0.2, 0.25) is 0 Å². The number of nitriles is 1. The van der Waals surface area contributed by atoms with Crippen molar-refractivity contribution in [2.45, 2.75) is 6.42 Å². The molecule has 5 heteroatoms. The topological polar surface area (TPSA) is 79.2 Å². The number of ether oxygens (including phenoxy) is 1. The molecular formula is C10H8N2O3. The molecule has 0 aliphatic rings. The summed E-state index contributed by atoms with van der Waals surface area (Å²) in [6.45, 7) is 0. The highest BCUT2D eigenvalue weighted by atomic mass is 16.6. The molecule has 0 atom stereocenters. The quantitative estimate of drug-likeness (QED) is 0.587.